The fourth-order valence-corrected chi connectivity index (χ4v) is 5.24. The highest BCUT2D eigenvalue weighted by Crippen LogP contribution is 2.33. The van der Waals surface area contributed by atoms with E-state index >= 15 is 0 Å². The van der Waals surface area contributed by atoms with E-state index in [1.807, 2.05) is 42.6 Å². The van der Waals surface area contributed by atoms with Crippen LogP contribution < -0.4 is 14.4 Å². The maximum atomic E-state index is 13.8. The summed E-state index contributed by atoms with van der Waals surface area (Å²) in [6.07, 6.45) is 3.52. The Bertz CT molecular complexity index is 1670. The summed E-state index contributed by atoms with van der Waals surface area (Å²) in [5.74, 6) is 0.624. The fraction of sp³-hybridized carbons (Fsp3) is 0.161. The van der Waals surface area contributed by atoms with Crippen LogP contribution in [-0.4, -0.2) is 53.4 Å². The van der Waals surface area contributed by atoms with Crippen molar-refractivity contribution in [1.82, 2.24) is 9.78 Å². The monoisotopic (exact) mass is 602 g/mol. The van der Waals surface area contributed by atoms with E-state index < -0.39 is 5.97 Å². The summed E-state index contributed by atoms with van der Waals surface area (Å²) < 4.78 is 17.4. The van der Waals surface area contributed by atoms with Crippen molar-refractivity contribution in [2.45, 2.75) is 6.92 Å². The molecule has 1 aliphatic heterocycles. The number of nitrogens with zero attached hydrogens (tertiary/aromatic N) is 4. The summed E-state index contributed by atoms with van der Waals surface area (Å²) >= 11 is 7.38. The summed E-state index contributed by atoms with van der Waals surface area (Å²) in [5, 5.41) is 5.76. The SMILES string of the molecule is CCOC(=O)CSC1=N/C(=C\c2cn(-c3cccc(Cl)c3)nc2-c2ccc(OC)cc2)C(=O)N1c1ccc(OC)cc1. The van der Waals surface area contributed by atoms with Gasteiger partial charge in [-0.05, 0) is 79.7 Å². The molecule has 1 aliphatic rings. The number of hydrogen-bond acceptors (Lipinski definition) is 8. The minimum absolute atomic E-state index is 0.00366. The van der Waals surface area contributed by atoms with Gasteiger partial charge in [0.15, 0.2) is 5.17 Å². The summed E-state index contributed by atoms with van der Waals surface area (Å²) in [7, 11) is 3.18. The maximum Gasteiger partial charge on any atom is 0.316 e. The zero-order valence-electron chi connectivity index (χ0n) is 23.1. The van der Waals surface area contributed by atoms with E-state index in [0.717, 1.165) is 23.0 Å². The van der Waals surface area contributed by atoms with Gasteiger partial charge in [-0.1, -0.05) is 29.4 Å². The third kappa shape index (κ3) is 6.35. The minimum Gasteiger partial charge on any atom is -0.497 e. The number of aliphatic imine (C=N–C) groups is 1. The molecule has 0 aliphatic carbocycles. The lowest BCUT2D eigenvalue weighted by atomic mass is 10.1. The fourth-order valence-electron chi connectivity index (χ4n) is 4.24. The van der Waals surface area contributed by atoms with Crippen molar-refractivity contribution in [2.75, 3.05) is 31.5 Å². The van der Waals surface area contributed by atoms with Gasteiger partial charge in [0.1, 0.15) is 22.9 Å². The van der Waals surface area contributed by atoms with Crippen molar-refractivity contribution in [3.8, 4) is 28.4 Å². The highest BCUT2D eigenvalue weighted by molar-refractivity contribution is 8.14. The van der Waals surface area contributed by atoms with Gasteiger partial charge in [-0.15, -0.1) is 0 Å². The molecule has 0 fully saturated rings. The predicted octanol–water partition coefficient (Wildman–Crippen LogP) is 6.25. The van der Waals surface area contributed by atoms with Crippen LogP contribution >= 0.6 is 23.4 Å². The van der Waals surface area contributed by atoms with Crippen LogP contribution in [0.4, 0.5) is 5.69 Å². The molecule has 0 radical (unpaired) electrons. The summed E-state index contributed by atoms with van der Waals surface area (Å²) in [5.41, 5.74) is 3.66. The van der Waals surface area contributed by atoms with Gasteiger partial charge in [0.25, 0.3) is 5.91 Å². The van der Waals surface area contributed by atoms with Crippen molar-refractivity contribution >= 4 is 52.2 Å². The van der Waals surface area contributed by atoms with Gasteiger partial charge in [-0.2, -0.15) is 5.10 Å². The number of amidine groups is 1. The first kappa shape index (κ1) is 29.0. The molecule has 5 rings (SSSR count). The molecule has 2 heterocycles. The molecule has 0 saturated carbocycles. The Morgan fingerprint density at radius 1 is 0.976 bits per heavy atom. The van der Waals surface area contributed by atoms with Crippen LogP contribution in [0.1, 0.15) is 12.5 Å². The van der Waals surface area contributed by atoms with Crippen LogP contribution in [0, 0.1) is 0 Å². The number of benzene rings is 3. The second kappa shape index (κ2) is 13.0. The highest BCUT2D eigenvalue weighted by atomic mass is 35.5. The molecule has 1 aromatic heterocycles. The first-order chi connectivity index (χ1) is 20.4. The zero-order valence-corrected chi connectivity index (χ0v) is 24.7. The number of halogens is 1. The van der Waals surface area contributed by atoms with Crippen LogP contribution in [0.2, 0.25) is 5.02 Å². The second-order valence-corrected chi connectivity index (χ2v) is 10.3. The molecule has 0 spiro atoms. The number of ether oxygens (including phenoxy) is 3. The average molecular weight is 603 g/mol. The van der Waals surface area contributed by atoms with Crippen molar-refractivity contribution in [2.24, 2.45) is 4.99 Å². The maximum absolute atomic E-state index is 13.8. The lowest BCUT2D eigenvalue weighted by Crippen LogP contribution is -2.30. The second-order valence-electron chi connectivity index (χ2n) is 8.94. The Balaban J connectivity index is 1.58. The Labute approximate surface area is 252 Å². The number of methoxy groups -OCH3 is 2. The third-order valence-electron chi connectivity index (χ3n) is 6.26. The van der Waals surface area contributed by atoms with Gasteiger partial charge >= 0.3 is 5.97 Å². The molecule has 4 aromatic rings. The van der Waals surface area contributed by atoms with E-state index in [1.165, 1.54) is 4.90 Å². The van der Waals surface area contributed by atoms with E-state index in [2.05, 4.69) is 4.99 Å². The van der Waals surface area contributed by atoms with E-state index in [-0.39, 0.29) is 24.0 Å². The van der Waals surface area contributed by atoms with Gasteiger partial charge in [0.2, 0.25) is 0 Å². The average Bonchev–Trinajstić information content (AvgIpc) is 3.57. The molecule has 9 nitrogen and oxygen atoms in total. The number of anilines is 1. The third-order valence-corrected chi connectivity index (χ3v) is 7.40. The molecule has 0 unspecified atom stereocenters. The number of rotatable bonds is 9. The Morgan fingerprint density at radius 2 is 1.67 bits per heavy atom. The van der Waals surface area contributed by atoms with Gasteiger partial charge < -0.3 is 14.2 Å². The standard InChI is InChI=1S/C31H27ClN4O5S/c1-4-41-28(37)19-42-31-33-27(30(38)36(31)23-10-14-26(40-3)15-11-23)16-21-18-35(24-7-5-6-22(32)17-24)34-29(21)20-8-12-25(39-2)13-9-20/h5-18H,4,19H2,1-3H3/b27-16-. The van der Waals surface area contributed by atoms with Crippen molar-refractivity contribution in [1.29, 1.82) is 0 Å². The van der Waals surface area contributed by atoms with Crippen LogP contribution in [0.25, 0.3) is 23.0 Å². The number of aromatic nitrogens is 2. The van der Waals surface area contributed by atoms with E-state index in [9.17, 15) is 9.59 Å². The Kier molecular flexibility index (Phi) is 8.94. The molecule has 0 atom stereocenters. The predicted molar refractivity (Wildman–Crippen MR) is 166 cm³/mol. The normalized spacial score (nSPS) is 13.8. The van der Waals surface area contributed by atoms with Crippen molar-refractivity contribution in [3.63, 3.8) is 0 Å². The minimum atomic E-state index is -0.394. The zero-order chi connectivity index (χ0) is 29.6. The molecule has 0 saturated heterocycles. The number of hydrogen-bond donors (Lipinski definition) is 0. The van der Waals surface area contributed by atoms with Crippen LogP contribution in [0.5, 0.6) is 11.5 Å². The topological polar surface area (TPSA) is 95.2 Å². The van der Waals surface area contributed by atoms with E-state index in [0.29, 0.717) is 38.6 Å². The van der Waals surface area contributed by atoms with Gasteiger partial charge in [-0.3, -0.25) is 14.5 Å². The van der Waals surface area contributed by atoms with E-state index in [1.54, 1.807) is 68.3 Å². The summed E-state index contributed by atoms with van der Waals surface area (Å²) in [4.78, 5) is 32.1. The molecule has 0 N–H and O–H groups in total. The molecule has 3 aromatic carbocycles. The number of thioether (sulfide) groups is 1. The first-order valence-electron chi connectivity index (χ1n) is 13.0. The van der Waals surface area contributed by atoms with Crippen molar-refractivity contribution < 1.29 is 23.8 Å². The molecule has 11 heteroatoms. The first-order valence-corrected chi connectivity index (χ1v) is 14.3. The summed E-state index contributed by atoms with van der Waals surface area (Å²) in [6.45, 7) is 2.01. The number of carbonyl (C=O) groups is 2. The molecular weight excluding hydrogens is 576 g/mol. The number of amides is 1. The number of carbonyl (C=O) groups excluding carboxylic acids is 2. The molecule has 1 amide bonds. The molecule has 0 bridgehead atoms. The molecular formula is C31H27ClN4O5S. The number of esters is 1. The Morgan fingerprint density at radius 3 is 2.31 bits per heavy atom. The smallest absolute Gasteiger partial charge is 0.316 e. The van der Waals surface area contributed by atoms with Gasteiger partial charge in [0.05, 0.1) is 38.0 Å². The lowest BCUT2D eigenvalue weighted by molar-refractivity contribution is -0.139. The van der Waals surface area contributed by atoms with Crippen LogP contribution in [0.15, 0.2) is 89.7 Å². The lowest BCUT2D eigenvalue weighted by Gasteiger charge is -2.18. The highest BCUT2D eigenvalue weighted by Gasteiger charge is 2.33. The van der Waals surface area contributed by atoms with Crippen LogP contribution in [-0.2, 0) is 14.3 Å². The van der Waals surface area contributed by atoms with Crippen molar-refractivity contribution in [3.05, 3.63) is 95.3 Å². The summed E-state index contributed by atoms with van der Waals surface area (Å²) in [6, 6.07) is 21.9. The molecule has 214 valence electrons. The quantitative estimate of drug-likeness (QED) is 0.165. The Hall–Kier alpha value is -4.54. The van der Waals surface area contributed by atoms with E-state index in [4.69, 9.17) is 30.9 Å². The van der Waals surface area contributed by atoms with Crippen LogP contribution in [0.3, 0.4) is 0 Å². The van der Waals surface area contributed by atoms with Gasteiger partial charge in [-0.25, -0.2) is 9.67 Å². The van der Waals surface area contributed by atoms with Gasteiger partial charge in [0, 0.05) is 22.3 Å². The molecule has 42 heavy (non-hydrogen) atoms. The largest absolute Gasteiger partial charge is 0.497 e.